The molecule has 0 bridgehead atoms. The van der Waals surface area contributed by atoms with Crippen LogP contribution in [0.25, 0.3) is 0 Å². The summed E-state index contributed by atoms with van der Waals surface area (Å²) in [5.41, 5.74) is 1.92. The van der Waals surface area contributed by atoms with Crippen LogP contribution in [0.5, 0.6) is 0 Å². The van der Waals surface area contributed by atoms with Crippen molar-refractivity contribution in [1.29, 1.82) is 0 Å². The van der Waals surface area contributed by atoms with Gasteiger partial charge in [-0.2, -0.15) is 0 Å². The number of piperazine rings is 1. The third-order valence-corrected chi connectivity index (χ3v) is 5.81. The number of rotatable bonds is 7. The van der Waals surface area contributed by atoms with Gasteiger partial charge in [0, 0.05) is 43.2 Å². The monoisotopic (exact) mass is 387 g/mol. The summed E-state index contributed by atoms with van der Waals surface area (Å²) >= 11 is 1.37. The fraction of sp³-hybridized carbons (Fsp3) is 0.381. The molecular formula is C21H26FN3OS. The van der Waals surface area contributed by atoms with Gasteiger partial charge in [0.2, 0.25) is 5.91 Å². The zero-order valence-corrected chi connectivity index (χ0v) is 16.5. The van der Waals surface area contributed by atoms with Crippen LogP contribution in [0.2, 0.25) is 0 Å². The van der Waals surface area contributed by atoms with Crippen LogP contribution in [-0.4, -0.2) is 49.3 Å². The molecule has 2 aromatic rings. The Morgan fingerprint density at radius 2 is 1.78 bits per heavy atom. The van der Waals surface area contributed by atoms with Crippen molar-refractivity contribution in [2.45, 2.75) is 18.2 Å². The maximum absolute atomic E-state index is 13.6. The van der Waals surface area contributed by atoms with Crippen molar-refractivity contribution in [3.8, 4) is 0 Å². The second-order valence-electron chi connectivity index (χ2n) is 6.52. The normalized spacial score (nSPS) is 15.0. The van der Waals surface area contributed by atoms with Crippen LogP contribution in [0.15, 0.2) is 53.4 Å². The highest BCUT2D eigenvalue weighted by Gasteiger charge is 2.18. The lowest BCUT2D eigenvalue weighted by molar-refractivity contribution is -0.115. The first-order chi connectivity index (χ1) is 13.2. The smallest absolute Gasteiger partial charge is 0.225 e. The maximum Gasteiger partial charge on any atom is 0.225 e. The highest BCUT2D eigenvalue weighted by molar-refractivity contribution is 7.99. The predicted molar refractivity (Wildman–Crippen MR) is 111 cm³/mol. The molecular weight excluding hydrogens is 361 g/mol. The second-order valence-corrected chi connectivity index (χ2v) is 7.65. The number of likely N-dealkylation sites (N-methyl/N-ethyl adjacent to an activating group) is 1. The average Bonchev–Trinajstić information content (AvgIpc) is 2.70. The van der Waals surface area contributed by atoms with Gasteiger partial charge >= 0.3 is 0 Å². The Morgan fingerprint density at radius 3 is 2.52 bits per heavy atom. The van der Waals surface area contributed by atoms with E-state index in [1.165, 1.54) is 17.8 Å². The lowest BCUT2D eigenvalue weighted by Gasteiger charge is -2.36. The Morgan fingerprint density at radius 1 is 1.07 bits per heavy atom. The first-order valence-electron chi connectivity index (χ1n) is 9.41. The summed E-state index contributed by atoms with van der Waals surface area (Å²) in [6, 6.07) is 14.6. The van der Waals surface area contributed by atoms with Gasteiger partial charge in [-0.25, -0.2) is 4.39 Å². The number of hydrogen-bond donors (Lipinski definition) is 1. The van der Waals surface area contributed by atoms with E-state index < -0.39 is 0 Å². The van der Waals surface area contributed by atoms with Crippen molar-refractivity contribution in [2.75, 3.05) is 48.7 Å². The van der Waals surface area contributed by atoms with Crippen molar-refractivity contribution in [3.63, 3.8) is 0 Å². The van der Waals surface area contributed by atoms with Crippen LogP contribution in [-0.2, 0) is 4.79 Å². The number of carbonyl (C=O) groups excluding carboxylic acids is 1. The van der Waals surface area contributed by atoms with Gasteiger partial charge in [-0.3, -0.25) is 4.79 Å². The van der Waals surface area contributed by atoms with E-state index in [0.717, 1.165) is 44.1 Å². The number of nitrogens with zero attached hydrogens (tertiary/aromatic N) is 2. The minimum Gasteiger partial charge on any atom is -0.367 e. The van der Waals surface area contributed by atoms with E-state index in [4.69, 9.17) is 0 Å². The van der Waals surface area contributed by atoms with Gasteiger partial charge in [-0.05, 0) is 30.8 Å². The molecule has 4 nitrogen and oxygen atoms in total. The Kier molecular flexibility index (Phi) is 7.12. The Labute approximate surface area is 164 Å². The topological polar surface area (TPSA) is 35.6 Å². The third kappa shape index (κ3) is 5.47. The van der Waals surface area contributed by atoms with Gasteiger partial charge in [0.15, 0.2) is 0 Å². The van der Waals surface area contributed by atoms with E-state index in [9.17, 15) is 9.18 Å². The summed E-state index contributed by atoms with van der Waals surface area (Å²) in [4.78, 5) is 17.7. The quantitative estimate of drug-likeness (QED) is 0.726. The molecule has 1 aliphatic rings. The molecule has 1 fully saturated rings. The van der Waals surface area contributed by atoms with E-state index >= 15 is 0 Å². The zero-order chi connectivity index (χ0) is 19.1. The number of amides is 1. The van der Waals surface area contributed by atoms with Gasteiger partial charge in [0.05, 0.1) is 11.4 Å². The average molecular weight is 388 g/mol. The van der Waals surface area contributed by atoms with Gasteiger partial charge in [0.1, 0.15) is 5.82 Å². The van der Waals surface area contributed by atoms with E-state index in [1.54, 1.807) is 18.2 Å². The minimum absolute atomic E-state index is 0.0431. The molecule has 1 heterocycles. The number of anilines is 2. The van der Waals surface area contributed by atoms with Crippen molar-refractivity contribution < 1.29 is 9.18 Å². The third-order valence-electron chi connectivity index (χ3n) is 4.76. The van der Waals surface area contributed by atoms with Crippen molar-refractivity contribution >= 4 is 29.0 Å². The molecule has 2 aromatic carbocycles. The largest absolute Gasteiger partial charge is 0.367 e. The number of hydrogen-bond acceptors (Lipinski definition) is 4. The second kappa shape index (κ2) is 9.76. The van der Waals surface area contributed by atoms with Crippen molar-refractivity contribution in [1.82, 2.24) is 4.90 Å². The molecule has 144 valence electrons. The molecule has 0 atom stereocenters. The van der Waals surface area contributed by atoms with Crippen LogP contribution in [0.1, 0.15) is 13.3 Å². The number of benzene rings is 2. The molecule has 1 saturated heterocycles. The molecule has 0 unspecified atom stereocenters. The van der Waals surface area contributed by atoms with E-state index in [-0.39, 0.29) is 11.7 Å². The molecule has 1 N–H and O–H groups in total. The summed E-state index contributed by atoms with van der Waals surface area (Å²) in [7, 11) is 0. The molecule has 1 aliphatic heterocycles. The van der Waals surface area contributed by atoms with Crippen LogP contribution >= 0.6 is 11.8 Å². The Bertz CT molecular complexity index is 763. The standard InChI is InChI=1S/C21H26FN3OS/c1-2-24-12-14-25(15-13-24)19-9-5-4-8-18(19)23-21(26)11-16-27-20-10-6-3-7-17(20)22/h3-10H,2,11-16H2,1H3,(H,23,26). The van der Waals surface area contributed by atoms with E-state index in [0.29, 0.717) is 17.1 Å². The molecule has 27 heavy (non-hydrogen) atoms. The highest BCUT2D eigenvalue weighted by Crippen LogP contribution is 2.27. The SMILES string of the molecule is CCN1CCN(c2ccccc2NC(=O)CCSc2ccccc2F)CC1. The van der Waals surface area contributed by atoms with Gasteiger partial charge in [0.25, 0.3) is 0 Å². The molecule has 6 heteroatoms. The summed E-state index contributed by atoms with van der Waals surface area (Å²) in [6.45, 7) is 7.26. The minimum atomic E-state index is -0.237. The molecule has 3 rings (SSSR count). The summed E-state index contributed by atoms with van der Waals surface area (Å²) < 4.78 is 13.6. The number of para-hydroxylation sites is 2. The van der Waals surface area contributed by atoms with Gasteiger partial charge in [-0.1, -0.05) is 31.2 Å². The fourth-order valence-electron chi connectivity index (χ4n) is 3.19. The lowest BCUT2D eigenvalue weighted by atomic mass is 10.2. The molecule has 1 amide bonds. The fourth-order valence-corrected chi connectivity index (χ4v) is 4.08. The van der Waals surface area contributed by atoms with Crippen molar-refractivity contribution in [2.24, 2.45) is 0 Å². The van der Waals surface area contributed by atoms with Gasteiger partial charge < -0.3 is 15.1 Å². The zero-order valence-electron chi connectivity index (χ0n) is 15.7. The summed E-state index contributed by atoms with van der Waals surface area (Å²) in [5, 5.41) is 3.03. The van der Waals surface area contributed by atoms with Crippen LogP contribution in [0.3, 0.4) is 0 Å². The molecule has 0 radical (unpaired) electrons. The number of thioether (sulfide) groups is 1. The Balaban J connectivity index is 1.54. The molecule has 0 spiro atoms. The van der Waals surface area contributed by atoms with Crippen molar-refractivity contribution in [3.05, 3.63) is 54.3 Å². The van der Waals surface area contributed by atoms with Gasteiger partial charge in [-0.15, -0.1) is 11.8 Å². The van der Waals surface area contributed by atoms with E-state index in [2.05, 4.69) is 28.1 Å². The summed E-state index contributed by atoms with van der Waals surface area (Å²) in [5.74, 6) is 0.266. The molecule has 0 aromatic heterocycles. The van der Waals surface area contributed by atoms with Crippen LogP contribution in [0.4, 0.5) is 15.8 Å². The number of carbonyl (C=O) groups is 1. The predicted octanol–water partition coefficient (Wildman–Crippen LogP) is 4.09. The lowest BCUT2D eigenvalue weighted by Crippen LogP contribution is -2.46. The summed E-state index contributed by atoms with van der Waals surface area (Å²) in [6.07, 6.45) is 0.344. The highest BCUT2D eigenvalue weighted by atomic mass is 32.2. The number of nitrogens with one attached hydrogen (secondary N) is 1. The molecule has 0 aliphatic carbocycles. The van der Waals surface area contributed by atoms with Crippen LogP contribution < -0.4 is 10.2 Å². The maximum atomic E-state index is 13.6. The Hall–Kier alpha value is -2.05. The van der Waals surface area contributed by atoms with E-state index in [1.807, 2.05) is 18.2 Å². The first-order valence-corrected chi connectivity index (χ1v) is 10.4. The molecule has 0 saturated carbocycles. The number of halogens is 1. The first kappa shape index (κ1) is 19.7. The van der Waals surface area contributed by atoms with Crippen LogP contribution in [0, 0.1) is 5.82 Å².